The molecular formula is C22H16Br2N2O2. The first-order valence-electron chi connectivity index (χ1n) is 8.80. The van der Waals surface area contributed by atoms with E-state index in [0.29, 0.717) is 17.1 Å². The summed E-state index contributed by atoms with van der Waals surface area (Å²) in [5, 5.41) is 2.89. The van der Waals surface area contributed by atoms with Crippen LogP contribution in [0.2, 0.25) is 0 Å². The number of aryl methyl sites for hydroxylation is 1. The number of amides is 1. The first kappa shape index (κ1) is 18.9. The van der Waals surface area contributed by atoms with E-state index in [0.717, 1.165) is 32.0 Å². The Hall–Kier alpha value is -2.44. The molecule has 4 aromatic rings. The lowest BCUT2D eigenvalue weighted by Crippen LogP contribution is -2.11. The Labute approximate surface area is 179 Å². The molecule has 140 valence electrons. The molecule has 4 rings (SSSR count). The van der Waals surface area contributed by atoms with Crippen molar-refractivity contribution in [2.24, 2.45) is 0 Å². The average molecular weight is 500 g/mol. The molecular weight excluding hydrogens is 484 g/mol. The van der Waals surface area contributed by atoms with Crippen LogP contribution in [0.15, 0.2) is 74.0 Å². The highest BCUT2D eigenvalue weighted by molar-refractivity contribution is 9.11. The summed E-state index contributed by atoms with van der Waals surface area (Å²) in [6, 6.07) is 18.8. The number of anilines is 1. The van der Waals surface area contributed by atoms with Gasteiger partial charge in [-0.2, -0.15) is 0 Å². The summed E-state index contributed by atoms with van der Waals surface area (Å²) in [6.07, 6.45) is 0.934. The van der Waals surface area contributed by atoms with Crippen LogP contribution in [0.25, 0.3) is 22.6 Å². The monoisotopic (exact) mass is 498 g/mol. The molecule has 1 aromatic heterocycles. The lowest BCUT2D eigenvalue weighted by Gasteiger charge is -2.06. The lowest BCUT2D eigenvalue weighted by atomic mass is 10.1. The zero-order valence-electron chi connectivity index (χ0n) is 15.0. The third kappa shape index (κ3) is 3.88. The van der Waals surface area contributed by atoms with Gasteiger partial charge in [0.1, 0.15) is 5.52 Å². The van der Waals surface area contributed by atoms with Gasteiger partial charge in [-0.3, -0.25) is 4.79 Å². The largest absolute Gasteiger partial charge is 0.435 e. The highest BCUT2D eigenvalue weighted by Gasteiger charge is 2.12. The second kappa shape index (κ2) is 7.89. The number of carbonyl (C=O) groups is 1. The van der Waals surface area contributed by atoms with E-state index >= 15 is 0 Å². The van der Waals surface area contributed by atoms with Crippen LogP contribution in [0, 0.1) is 0 Å². The van der Waals surface area contributed by atoms with E-state index in [2.05, 4.69) is 55.2 Å². The van der Waals surface area contributed by atoms with Crippen molar-refractivity contribution in [2.45, 2.75) is 13.3 Å². The molecule has 1 N–H and O–H groups in total. The molecule has 0 radical (unpaired) electrons. The van der Waals surface area contributed by atoms with Crippen molar-refractivity contribution in [2.75, 3.05) is 5.32 Å². The van der Waals surface area contributed by atoms with Crippen molar-refractivity contribution in [3.8, 4) is 11.5 Å². The number of oxazole rings is 1. The number of fused-ring (bicyclic) bond motifs is 1. The van der Waals surface area contributed by atoms with Gasteiger partial charge in [0.2, 0.25) is 5.89 Å². The van der Waals surface area contributed by atoms with Crippen molar-refractivity contribution in [1.82, 2.24) is 4.98 Å². The minimum Gasteiger partial charge on any atom is -0.435 e. The molecule has 0 aliphatic heterocycles. The maximum atomic E-state index is 12.3. The molecule has 0 spiro atoms. The van der Waals surface area contributed by atoms with Crippen molar-refractivity contribution in [3.05, 3.63) is 80.7 Å². The van der Waals surface area contributed by atoms with E-state index in [1.807, 2.05) is 42.5 Å². The third-order valence-corrected chi connectivity index (χ3v) is 5.53. The number of rotatable bonds is 4. The van der Waals surface area contributed by atoms with Crippen LogP contribution in [0.5, 0.6) is 0 Å². The van der Waals surface area contributed by atoms with Crippen LogP contribution >= 0.6 is 31.9 Å². The number of carbonyl (C=O) groups excluding carboxylic acids is 1. The van der Waals surface area contributed by atoms with Gasteiger partial charge in [-0.25, -0.2) is 4.98 Å². The van der Waals surface area contributed by atoms with Gasteiger partial charge in [-0.05, 0) is 88.6 Å². The second-order valence-electron chi connectivity index (χ2n) is 6.34. The van der Waals surface area contributed by atoms with Gasteiger partial charge in [-0.15, -0.1) is 0 Å². The molecule has 0 fully saturated rings. The van der Waals surface area contributed by atoms with E-state index in [9.17, 15) is 4.79 Å². The van der Waals surface area contributed by atoms with E-state index < -0.39 is 0 Å². The highest BCUT2D eigenvalue weighted by atomic mass is 79.9. The zero-order chi connectivity index (χ0) is 19.7. The number of hydrogen-bond acceptors (Lipinski definition) is 3. The van der Waals surface area contributed by atoms with Crippen LogP contribution < -0.4 is 5.32 Å². The molecule has 0 aliphatic rings. The summed E-state index contributed by atoms with van der Waals surface area (Å²) in [6.45, 7) is 2.11. The van der Waals surface area contributed by atoms with Crippen LogP contribution in [-0.4, -0.2) is 10.9 Å². The Morgan fingerprint density at radius 2 is 1.75 bits per heavy atom. The standard InChI is InChI=1S/C22H16Br2N2O2/c1-2-13-11-18(24)20-19(12-13)26-22(28-20)15-5-9-17(10-6-15)25-21(27)14-3-7-16(23)8-4-14/h3-12H,2H2,1H3,(H,25,27). The van der Waals surface area contributed by atoms with Crippen molar-refractivity contribution in [3.63, 3.8) is 0 Å². The minimum absolute atomic E-state index is 0.155. The molecule has 1 heterocycles. The molecule has 0 atom stereocenters. The Kier molecular flexibility index (Phi) is 5.33. The quantitative estimate of drug-likeness (QED) is 0.334. The molecule has 1 amide bonds. The summed E-state index contributed by atoms with van der Waals surface area (Å²) < 4.78 is 7.77. The molecule has 6 heteroatoms. The number of benzene rings is 3. The molecule has 3 aromatic carbocycles. The number of aromatic nitrogens is 1. The summed E-state index contributed by atoms with van der Waals surface area (Å²) >= 11 is 6.92. The maximum absolute atomic E-state index is 12.3. The molecule has 0 aliphatic carbocycles. The highest BCUT2D eigenvalue weighted by Crippen LogP contribution is 2.31. The predicted molar refractivity (Wildman–Crippen MR) is 119 cm³/mol. The van der Waals surface area contributed by atoms with E-state index in [4.69, 9.17) is 4.42 Å². The predicted octanol–water partition coefficient (Wildman–Crippen LogP) is 6.83. The first-order valence-corrected chi connectivity index (χ1v) is 10.4. The summed E-state index contributed by atoms with van der Waals surface area (Å²) in [7, 11) is 0. The Balaban J connectivity index is 1.56. The molecule has 0 unspecified atom stereocenters. The van der Waals surface area contributed by atoms with E-state index in [1.165, 1.54) is 5.56 Å². The molecule has 0 saturated heterocycles. The topological polar surface area (TPSA) is 55.1 Å². The van der Waals surface area contributed by atoms with Gasteiger partial charge < -0.3 is 9.73 Å². The van der Waals surface area contributed by atoms with Crippen LogP contribution in [0.4, 0.5) is 5.69 Å². The van der Waals surface area contributed by atoms with Crippen LogP contribution in [0.1, 0.15) is 22.8 Å². The Bertz CT molecular complexity index is 1150. The number of hydrogen-bond donors (Lipinski definition) is 1. The molecule has 4 nitrogen and oxygen atoms in total. The number of halogens is 2. The lowest BCUT2D eigenvalue weighted by molar-refractivity contribution is 0.102. The average Bonchev–Trinajstić information content (AvgIpc) is 3.13. The van der Waals surface area contributed by atoms with Crippen molar-refractivity contribution < 1.29 is 9.21 Å². The van der Waals surface area contributed by atoms with Gasteiger partial charge in [-0.1, -0.05) is 22.9 Å². The van der Waals surface area contributed by atoms with Gasteiger partial charge in [0.15, 0.2) is 5.58 Å². The zero-order valence-corrected chi connectivity index (χ0v) is 18.2. The number of nitrogens with one attached hydrogen (secondary N) is 1. The van der Waals surface area contributed by atoms with Gasteiger partial charge in [0, 0.05) is 21.3 Å². The first-order chi connectivity index (χ1) is 13.5. The third-order valence-electron chi connectivity index (χ3n) is 4.41. The summed E-state index contributed by atoms with van der Waals surface area (Å²) in [5.41, 5.74) is 4.92. The number of nitrogens with zero attached hydrogens (tertiary/aromatic N) is 1. The fourth-order valence-electron chi connectivity index (χ4n) is 2.87. The SMILES string of the molecule is CCc1cc(Br)c2oc(-c3ccc(NC(=O)c4ccc(Br)cc4)cc3)nc2c1. The Morgan fingerprint density at radius 1 is 1.04 bits per heavy atom. The van der Waals surface area contributed by atoms with E-state index in [1.54, 1.807) is 12.1 Å². The normalized spacial score (nSPS) is 11.0. The molecule has 0 bridgehead atoms. The van der Waals surface area contributed by atoms with Gasteiger partial charge >= 0.3 is 0 Å². The summed E-state index contributed by atoms with van der Waals surface area (Å²) in [5.74, 6) is 0.396. The molecule has 28 heavy (non-hydrogen) atoms. The van der Waals surface area contributed by atoms with Gasteiger partial charge in [0.05, 0.1) is 4.47 Å². The second-order valence-corrected chi connectivity index (χ2v) is 8.11. The fraction of sp³-hybridized carbons (Fsp3) is 0.0909. The van der Waals surface area contributed by atoms with Crippen LogP contribution in [0.3, 0.4) is 0 Å². The van der Waals surface area contributed by atoms with Crippen molar-refractivity contribution in [1.29, 1.82) is 0 Å². The van der Waals surface area contributed by atoms with E-state index in [-0.39, 0.29) is 5.91 Å². The smallest absolute Gasteiger partial charge is 0.255 e. The molecule has 0 saturated carbocycles. The van der Waals surface area contributed by atoms with Crippen molar-refractivity contribution >= 4 is 54.6 Å². The minimum atomic E-state index is -0.155. The summed E-state index contributed by atoms with van der Waals surface area (Å²) in [4.78, 5) is 16.9. The van der Waals surface area contributed by atoms with Crippen LogP contribution in [-0.2, 0) is 6.42 Å². The Morgan fingerprint density at radius 3 is 2.43 bits per heavy atom. The maximum Gasteiger partial charge on any atom is 0.255 e. The van der Waals surface area contributed by atoms with Gasteiger partial charge in [0.25, 0.3) is 5.91 Å². The fourth-order valence-corrected chi connectivity index (χ4v) is 3.72.